The van der Waals surface area contributed by atoms with E-state index < -0.39 is 0 Å². The number of aromatic nitrogens is 2. The number of halogens is 1. The van der Waals surface area contributed by atoms with Crippen LogP contribution < -0.4 is 15.5 Å². The first-order chi connectivity index (χ1) is 11.7. The van der Waals surface area contributed by atoms with Gasteiger partial charge in [0.05, 0.1) is 12.2 Å². The van der Waals surface area contributed by atoms with E-state index in [-0.39, 0.29) is 24.0 Å². The second kappa shape index (κ2) is 11.0. The quantitative estimate of drug-likeness (QED) is 0.382. The zero-order chi connectivity index (χ0) is 17.4. The Morgan fingerprint density at radius 3 is 2.60 bits per heavy atom. The van der Waals surface area contributed by atoms with Crippen molar-refractivity contribution in [3.8, 4) is 0 Å². The van der Waals surface area contributed by atoms with Crippen LogP contribution in [0, 0.1) is 6.92 Å². The summed E-state index contributed by atoms with van der Waals surface area (Å²) in [7, 11) is 3.73. The van der Waals surface area contributed by atoms with Gasteiger partial charge in [-0.15, -0.1) is 24.0 Å². The minimum absolute atomic E-state index is 0. The van der Waals surface area contributed by atoms with E-state index >= 15 is 0 Å². The predicted molar refractivity (Wildman–Crippen MR) is 116 cm³/mol. The van der Waals surface area contributed by atoms with Crippen LogP contribution in [0.4, 0.5) is 5.69 Å². The van der Waals surface area contributed by atoms with Crippen molar-refractivity contribution in [3.05, 3.63) is 47.8 Å². The van der Waals surface area contributed by atoms with Gasteiger partial charge < -0.3 is 15.5 Å². The molecule has 138 valence electrons. The Labute approximate surface area is 167 Å². The van der Waals surface area contributed by atoms with Gasteiger partial charge in [0.1, 0.15) is 0 Å². The van der Waals surface area contributed by atoms with E-state index in [1.807, 2.05) is 17.8 Å². The van der Waals surface area contributed by atoms with Crippen molar-refractivity contribution in [1.29, 1.82) is 0 Å². The second-order valence-electron chi connectivity index (χ2n) is 5.66. The van der Waals surface area contributed by atoms with Crippen LogP contribution in [0.25, 0.3) is 0 Å². The summed E-state index contributed by atoms with van der Waals surface area (Å²) in [5.74, 6) is 0.803. The van der Waals surface area contributed by atoms with Crippen molar-refractivity contribution in [1.82, 2.24) is 20.4 Å². The molecule has 0 fully saturated rings. The van der Waals surface area contributed by atoms with E-state index in [1.165, 1.54) is 11.3 Å². The van der Waals surface area contributed by atoms with Crippen LogP contribution in [0.1, 0.15) is 18.2 Å². The molecule has 0 aliphatic rings. The first kappa shape index (κ1) is 21.3. The highest BCUT2D eigenvalue weighted by Gasteiger charge is 2.07. The topological polar surface area (TPSA) is 57.5 Å². The molecule has 0 radical (unpaired) electrons. The van der Waals surface area contributed by atoms with Crippen LogP contribution in [0.3, 0.4) is 0 Å². The fourth-order valence-electron chi connectivity index (χ4n) is 2.65. The van der Waals surface area contributed by atoms with Gasteiger partial charge in [-0.05, 0) is 31.5 Å². The lowest BCUT2D eigenvalue weighted by Gasteiger charge is -2.25. The average Bonchev–Trinajstić information content (AvgIpc) is 3.00. The van der Waals surface area contributed by atoms with Gasteiger partial charge in [0.25, 0.3) is 0 Å². The molecule has 0 bridgehead atoms. The highest BCUT2D eigenvalue weighted by Crippen LogP contribution is 2.18. The van der Waals surface area contributed by atoms with Crippen LogP contribution in [0.15, 0.2) is 41.5 Å². The number of guanidine groups is 1. The normalized spacial score (nSPS) is 11.0. The maximum Gasteiger partial charge on any atom is 0.191 e. The Kier molecular flexibility index (Phi) is 9.33. The van der Waals surface area contributed by atoms with Crippen molar-refractivity contribution >= 4 is 35.6 Å². The molecule has 6 nitrogen and oxygen atoms in total. The van der Waals surface area contributed by atoms with Gasteiger partial charge in [0.15, 0.2) is 5.96 Å². The van der Waals surface area contributed by atoms with Gasteiger partial charge in [-0.3, -0.25) is 9.67 Å². The molecule has 0 saturated heterocycles. The zero-order valence-electron chi connectivity index (χ0n) is 15.5. The Bertz CT molecular complexity index is 667. The molecule has 1 aromatic heterocycles. The van der Waals surface area contributed by atoms with E-state index in [0.29, 0.717) is 6.54 Å². The number of para-hydroxylation sites is 1. The molecule has 0 aliphatic carbocycles. The number of hydrogen-bond donors (Lipinski definition) is 2. The van der Waals surface area contributed by atoms with E-state index in [2.05, 4.69) is 63.7 Å². The minimum atomic E-state index is 0. The summed E-state index contributed by atoms with van der Waals surface area (Å²) >= 11 is 0. The number of aryl methyl sites for hydroxylation is 2. The molecule has 0 saturated carbocycles. The maximum absolute atomic E-state index is 4.28. The summed E-state index contributed by atoms with van der Waals surface area (Å²) in [6, 6.07) is 10.5. The van der Waals surface area contributed by atoms with E-state index in [4.69, 9.17) is 0 Å². The summed E-state index contributed by atoms with van der Waals surface area (Å²) in [6.45, 7) is 7.77. The number of benzene rings is 1. The standard InChI is InChI=1S/C18H28N6.HI/c1-5-24(17-9-7-6-8-15(17)2)13-12-20-18(19-3)21-14-16-10-11-22-23(16)4;/h6-11H,5,12-14H2,1-4H3,(H2,19,20,21);1H. The van der Waals surface area contributed by atoms with Gasteiger partial charge in [-0.2, -0.15) is 5.10 Å². The molecule has 1 heterocycles. The molecule has 2 aromatic rings. The lowest BCUT2D eigenvalue weighted by Crippen LogP contribution is -2.41. The third-order valence-corrected chi connectivity index (χ3v) is 4.10. The Hall–Kier alpha value is -1.77. The molecule has 2 N–H and O–H groups in total. The van der Waals surface area contributed by atoms with Crippen LogP contribution in [-0.2, 0) is 13.6 Å². The summed E-state index contributed by atoms with van der Waals surface area (Å²) < 4.78 is 1.86. The molecule has 0 amide bonds. The monoisotopic (exact) mass is 456 g/mol. The first-order valence-electron chi connectivity index (χ1n) is 8.37. The molecule has 2 rings (SSSR count). The highest BCUT2D eigenvalue weighted by atomic mass is 127. The smallest absolute Gasteiger partial charge is 0.191 e. The third kappa shape index (κ3) is 6.22. The maximum atomic E-state index is 4.28. The van der Waals surface area contributed by atoms with Crippen molar-refractivity contribution in [2.45, 2.75) is 20.4 Å². The van der Waals surface area contributed by atoms with Gasteiger partial charge in [-0.25, -0.2) is 0 Å². The van der Waals surface area contributed by atoms with Crippen LogP contribution in [0.5, 0.6) is 0 Å². The van der Waals surface area contributed by atoms with E-state index in [0.717, 1.165) is 31.3 Å². The molecule has 7 heteroatoms. The van der Waals surface area contributed by atoms with Crippen molar-refractivity contribution in [2.75, 3.05) is 31.6 Å². The number of hydrogen-bond acceptors (Lipinski definition) is 3. The fraction of sp³-hybridized carbons (Fsp3) is 0.444. The van der Waals surface area contributed by atoms with Gasteiger partial charge in [0.2, 0.25) is 0 Å². The van der Waals surface area contributed by atoms with Crippen molar-refractivity contribution in [2.24, 2.45) is 12.0 Å². The number of nitrogens with one attached hydrogen (secondary N) is 2. The zero-order valence-corrected chi connectivity index (χ0v) is 17.8. The number of likely N-dealkylation sites (N-methyl/N-ethyl adjacent to an activating group) is 1. The first-order valence-corrected chi connectivity index (χ1v) is 8.37. The van der Waals surface area contributed by atoms with Crippen LogP contribution in [0.2, 0.25) is 0 Å². The summed E-state index contributed by atoms with van der Waals surface area (Å²) in [4.78, 5) is 6.65. The molecule has 25 heavy (non-hydrogen) atoms. The second-order valence-corrected chi connectivity index (χ2v) is 5.66. The SMILES string of the molecule is CCN(CCNC(=NC)NCc1ccnn1C)c1ccccc1C.I. The molecule has 0 unspecified atom stereocenters. The number of nitrogens with zero attached hydrogens (tertiary/aromatic N) is 4. The lowest BCUT2D eigenvalue weighted by atomic mass is 10.2. The van der Waals surface area contributed by atoms with E-state index in [9.17, 15) is 0 Å². The Morgan fingerprint density at radius 2 is 2.00 bits per heavy atom. The molecular formula is C18H29IN6. The van der Waals surface area contributed by atoms with Crippen molar-refractivity contribution < 1.29 is 0 Å². The molecule has 0 spiro atoms. The van der Waals surface area contributed by atoms with Crippen LogP contribution >= 0.6 is 24.0 Å². The summed E-state index contributed by atoms with van der Waals surface area (Å²) in [5.41, 5.74) is 3.71. The Balaban J connectivity index is 0.00000312. The predicted octanol–water partition coefficient (Wildman–Crippen LogP) is 2.54. The molecular weight excluding hydrogens is 427 g/mol. The highest BCUT2D eigenvalue weighted by molar-refractivity contribution is 14.0. The minimum Gasteiger partial charge on any atom is -0.370 e. The number of anilines is 1. The largest absolute Gasteiger partial charge is 0.370 e. The van der Waals surface area contributed by atoms with Crippen molar-refractivity contribution in [3.63, 3.8) is 0 Å². The molecule has 1 aromatic carbocycles. The van der Waals surface area contributed by atoms with Crippen LogP contribution in [-0.4, -0.2) is 42.4 Å². The summed E-state index contributed by atoms with van der Waals surface area (Å²) in [5, 5.41) is 10.9. The third-order valence-electron chi connectivity index (χ3n) is 4.10. The molecule has 0 atom stereocenters. The fourth-order valence-corrected chi connectivity index (χ4v) is 2.65. The summed E-state index contributed by atoms with van der Waals surface area (Å²) in [6.07, 6.45) is 1.80. The van der Waals surface area contributed by atoms with Gasteiger partial charge in [-0.1, -0.05) is 18.2 Å². The lowest BCUT2D eigenvalue weighted by molar-refractivity contribution is 0.682. The number of rotatable bonds is 7. The van der Waals surface area contributed by atoms with Gasteiger partial charge >= 0.3 is 0 Å². The average molecular weight is 456 g/mol. The number of aliphatic imine (C=N–C) groups is 1. The van der Waals surface area contributed by atoms with E-state index in [1.54, 1.807) is 13.2 Å². The van der Waals surface area contributed by atoms with Gasteiger partial charge in [0, 0.05) is 45.6 Å². The Morgan fingerprint density at radius 1 is 1.24 bits per heavy atom. The molecule has 0 aliphatic heterocycles.